The Hall–Kier alpha value is 0.154. The van der Waals surface area contributed by atoms with Crippen LogP contribution in [0.4, 0.5) is 0 Å². The van der Waals surface area contributed by atoms with Crippen LogP contribution in [0.25, 0.3) is 0 Å². The first-order valence-electron chi connectivity index (χ1n) is 9.10. The van der Waals surface area contributed by atoms with E-state index in [9.17, 15) is 0 Å². The summed E-state index contributed by atoms with van der Waals surface area (Å²) in [7, 11) is -0.767. The molecule has 1 unspecified atom stereocenters. The second-order valence-electron chi connectivity index (χ2n) is 5.92. The Bertz CT molecular complexity index is 292. The molecule has 9 heteroatoms. The van der Waals surface area contributed by atoms with Gasteiger partial charge in [0.05, 0.1) is 13.2 Å². The standard InChI is InChI=1S/C12H26O5Si.C4H12O2Si/c1-4-15-18(16-5-2,17-6-3)9-7-8-13-10-12-11-14-12;1-5-7(3,4)6-2/h12H,4-11H2,1-3H3;1-4H3. The Balaban J connectivity index is 0.000000697. The minimum absolute atomic E-state index is 0.331. The van der Waals surface area contributed by atoms with Gasteiger partial charge in [-0.2, -0.15) is 0 Å². The van der Waals surface area contributed by atoms with E-state index in [1.165, 1.54) is 0 Å². The van der Waals surface area contributed by atoms with Crippen molar-refractivity contribution in [3.8, 4) is 0 Å². The maximum absolute atomic E-state index is 5.76. The third-order valence-electron chi connectivity index (χ3n) is 3.55. The molecule has 1 fully saturated rings. The fraction of sp³-hybridized carbons (Fsp3) is 1.00. The highest BCUT2D eigenvalue weighted by Gasteiger charge is 2.39. The average Bonchev–Trinajstić information content (AvgIpc) is 3.40. The lowest BCUT2D eigenvalue weighted by atomic mass is 10.5. The lowest BCUT2D eigenvalue weighted by Crippen LogP contribution is -2.46. The molecule has 1 aliphatic rings. The fourth-order valence-electron chi connectivity index (χ4n) is 1.85. The highest BCUT2D eigenvalue weighted by molar-refractivity contribution is 6.64. The van der Waals surface area contributed by atoms with Gasteiger partial charge in [0, 0.05) is 46.7 Å². The summed E-state index contributed by atoms with van der Waals surface area (Å²) < 4.78 is 37.9. The van der Waals surface area contributed by atoms with Gasteiger partial charge in [0.2, 0.25) is 0 Å². The van der Waals surface area contributed by atoms with Crippen molar-refractivity contribution in [1.82, 2.24) is 0 Å². The van der Waals surface area contributed by atoms with Crippen LogP contribution < -0.4 is 0 Å². The maximum atomic E-state index is 5.76. The summed E-state index contributed by atoms with van der Waals surface area (Å²) >= 11 is 0. The molecule has 0 radical (unpaired) electrons. The van der Waals surface area contributed by atoms with E-state index in [-0.39, 0.29) is 0 Å². The van der Waals surface area contributed by atoms with E-state index in [1.54, 1.807) is 14.2 Å². The Labute approximate surface area is 155 Å². The second kappa shape index (κ2) is 14.2. The van der Waals surface area contributed by atoms with Crippen molar-refractivity contribution < 1.29 is 31.6 Å². The molecule has 0 amide bonds. The van der Waals surface area contributed by atoms with Crippen molar-refractivity contribution >= 4 is 17.4 Å². The maximum Gasteiger partial charge on any atom is 0.501 e. The molecule has 7 nitrogen and oxygen atoms in total. The third kappa shape index (κ3) is 13.0. The molecule has 1 aliphatic heterocycles. The molecule has 0 aliphatic carbocycles. The molecule has 0 bridgehead atoms. The molecular formula is C16H38O7Si2. The molecule has 1 rings (SSSR count). The van der Waals surface area contributed by atoms with Gasteiger partial charge in [-0.15, -0.1) is 0 Å². The van der Waals surface area contributed by atoms with E-state index in [1.807, 2.05) is 33.9 Å². The zero-order chi connectivity index (χ0) is 19.2. The second-order valence-corrected chi connectivity index (χ2v) is 12.3. The molecule has 0 saturated carbocycles. The summed E-state index contributed by atoms with van der Waals surface area (Å²) in [5.74, 6) is 0. The largest absolute Gasteiger partial charge is 0.501 e. The topological polar surface area (TPSA) is 67.9 Å². The minimum atomic E-state index is -2.47. The molecule has 0 N–H and O–H groups in total. The van der Waals surface area contributed by atoms with Crippen molar-refractivity contribution in [2.24, 2.45) is 0 Å². The first-order valence-corrected chi connectivity index (χ1v) is 13.8. The molecule has 0 aromatic rings. The van der Waals surface area contributed by atoms with Crippen LogP contribution >= 0.6 is 0 Å². The van der Waals surface area contributed by atoms with Gasteiger partial charge in [0.15, 0.2) is 0 Å². The van der Waals surface area contributed by atoms with Gasteiger partial charge in [-0.25, -0.2) is 0 Å². The predicted molar refractivity (Wildman–Crippen MR) is 102 cm³/mol. The van der Waals surface area contributed by atoms with Crippen molar-refractivity contribution in [1.29, 1.82) is 0 Å². The molecule has 0 aromatic heterocycles. The Morgan fingerprint density at radius 3 is 1.72 bits per heavy atom. The lowest BCUT2D eigenvalue weighted by Gasteiger charge is -2.28. The van der Waals surface area contributed by atoms with Crippen molar-refractivity contribution in [2.45, 2.75) is 52.4 Å². The summed E-state index contributed by atoms with van der Waals surface area (Å²) in [6.07, 6.45) is 1.23. The SMILES string of the molecule is CCO[Si](CCCOCC1CO1)(OCC)OCC.CO[Si](C)(C)OC. The van der Waals surface area contributed by atoms with Gasteiger partial charge in [0.25, 0.3) is 0 Å². The molecule has 152 valence electrons. The Kier molecular flexibility index (Phi) is 14.3. The number of hydrogen-bond donors (Lipinski definition) is 0. The molecular weight excluding hydrogens is 360 g/mol. The normalized spacial score (nSPS) is 17.2. The molecule has 1 atom stereocenters. The van der Waals surface area contributed by atoms with Crippen molar-refractivity contribution in [3.05, 3.63) is 0 Å². The van der Waals surface area contributed by atoms with Crippen molar-refractivity contribution in [2.75, 3.05) is 53.9 Å². The van der Waals surface area contributed by atoms with Crippen LogP contribution in [0.5, 0.6) is 0 Å². The molecule has 0 spiro atoms. The summed E-state index contributed by atoms with van der Waals surface area (Å²) in [6, 6.07) is 0.814. The quantitative estimate of drug-likeness (QED) is 0.253. The van der Waals surface area contributed by atoms with Gasteiger partial charge >= 0.3 is 17.4 Å². The van der Waals surface area contributed by atoms with Crippen LogP contribution in [0.15, 0.2) is 0 Å². The van der Waals surface area contributed by atoms with Gasteiger partial charge in [0.1, 0.15) is 6.10 Å². The number of epoxide rings is 1. The highest BCUT2D eigenvalue weighted by Crippen LogP contribution is 2.18. The summed E-state index contributed by atoms with van der Waals surface area (Å²) in [4.78, 5) is 0. The monoisotopic (exact) mass is 398 g/mol. The first-order chi connectivity index (χ1) is 11.9. The highest BCUT2D eigenvalue weighted by atomic mass is 28.4. The molecule has 25 heavy (non-hydrogen) atoms. The summed E-state index contributed by atoms with van der Waals surface area (Å²) in [5, 5.41) is 0. The first kappa shape index (κ1) is 25.2. The van der Waals surface area contributed by atoms with E-state index in [2.05, 4.69) is 0 Å². The Morgan fingerprint density at radius 1 is 0.920 bits per heavy atom. The zero-order valence-corrected chi connectivity index (χ0v) is 19.1. The fourth-order valence-corrected chi connectivity index (χ4v) is 4.60. The van der Waals surface area contributed by atoms with Crippen LogP contribution in [0.2, 0.25) is 19.1 Å². The van der Waals surface area contributed by atoms with E-state index in [0.29, 0.717) is 39.1 Å². The van der Waals surface area contributed by atoms with Gasteiger partial charge in [-0.05, 0) is 40.3 Å². The molecule has 1 heterocycles. The van der Waals surface area contributed by atoms with Gasteiger partial charge in [-0.1, -0.05) is 0 Å². The Morgan fingerprint density at radius 2 is 1.40 bits per heavy atom. The third-order valence-corrected chi connectivity index (χ3v) is 8.67. The lowest BCUT2D eigenvalue weighted by molar-refractivity contribution is 0.0648. The number of ether oxygens (including phenoxy) is 2. The average molecular weight is 399 g/mol. The van der Waals surface area contributed by atoms with E-state index in [0.717, 1.165) is 19.1 Å². The predicted octanol–water partition coefficient (Wildman–Crippen LogP) is 2.82. The van der Waals surface area contributed by atoms with Crippen LogP contribution in [0.3, 0.4) is 0 Å². The van der Waals surface area contributed by atoms with Crippen LogP contribution in [-0.4, -0.2) is 77.3 Å². The number of hydrogen-bond acceptors (Lipinski definition) is 7. The minimum Gasteiger partial charge on any atom is -0.398 e. The molecule has 1 saturated heterocycles. The van der Waals surface area contributed by atoms with Crippen LogP contribution in [-0.2, 0) is 31.6 Å². The summed E-state index contributed by atoms with van der Waals surface area (Å²) in [5.41, 5.74) is 0. The summed E-state index contributed by atoms with van der Waals surface area (Å²) in [6.45, 7) is 14.0. The van der Waals surface area contributed by atoms with Gasteiger partial charge in [-0.3, -0.25) is 0 Å². The zero-order valence-electron chi connectivity index (χ0n) is 17.1. The van der Waals surface area contributed by atoms with Crippen LogP contribution in [0.1, 0.15) is 27.2 Å². The van der Waals surface area contributed by atoms with E-state index >= 15 is 0 Å². The van der Waals surface area contributed by atoms with E-state index in [4.69, 9.17) is 31.6 Å². The molecule has 0 aromatic carbocycles. The van der Waals surface area contributed by atoms with Gasteiger partial charge < -0.3 is 31.6 Å². The van der Waals surface area contributed by atoms with Crippen LogP contribution in [0, 0.1) is 0 Å². The smallest absolute Gasteiger partial charge is 0.398 e. The van der Waals surface area contributed by atoms with Crippen molar-refractivity contribution in [3.63, 3.8) is 0 Å². The number of rotatable bonds is 14. The van der Waals surface area contributed by atoms with E-state index < -0.39 is 17.4 Å².